The Kier molecular flexibility index (Phi) is 5.48. The second kappa shape index (κ2) is 8.35. The quantitative estimate of drug-likeness (QED) is 0.723. The van der Waals surface area contributed by atoms with Gasteiger partial charge in [0.25, 0.3) is 0 Å². The van der Waals surface area contributed by atoms with Gasteiger partial charge in [0.15, 0.2) is 11.5 Å². The number of hydrogen-bond acceptors (Lipinski definition) is 7. The highest BCUT2D eigenvalue weighted by Crippen LogP contribution is 2.31. The van der Waals surface area contributed by atoms with Crippen LogP contribution in [-0.2, 0) is 6.54 Å². The zero-order valence-corrected chi connectivity index (χ0v) is 15.6. The van der Waals surface area contributed by atoms with Crippen molar-refractivity contribution in [3.63, 3.8) is 0 Å². The molecule has 27 heavy (non-hydrogen) atoms. The molecule has 2 aromatic heterocycles. The van der Waals surface area contributed by atoms with Crippen molar-refractivity contribution in [1.29, 1.82) is 0 Å². The first-order valence-corrected chi connectivity index (χ1v) is 9.47. The summed E-state index contributed by atoms with van der Waals surface area (Å²) in [6, 6.07) is 3.81. The Morgan fingerprint density at radius 3 is 2.93 bits per heavy atom. The normalized spacial score (nSPS) is 15.7. The molecule has 0 unspecified atom stereocenters. The van der Waals surface area contributed by atoms with Gasteiger partial charge >= 0.3 is 0 Å². The molecule has 0 radical (unpaired) electrons. The van der Waals surface area contributed by atoms with Gasteiger partial charge in [-0.1, -0.05) is 0 Å². The van der Waals surface area contributed by atoms with E-state index in [2.05, 4.69) is 25.2 Å². The van der Waals surface area contributed by atoms with E-state index in [-0.39, 0.29) is 0 Å². The highest BCUT2D eigenvalue weighted by atomic mass is 16.5. The van der Waals surface area contributed by atoms with Crippen LogP contribution in [0.25, 0.3) is 0 Å². The lowest BCUT2D eigenvalue weighted by molar-refractivity contribution is 0.254. The minimum Gasteiger partial charge on any atom is -0.491 e. The van der Waals surface area contributed by atoms with Crippen LogP contribution in [0, 0.1) is 0 Å². The van der Waals surface area contributed by atoms with E-state index in [1.54, 1.807) is 19.5 Å². The maximum atomic E-state index is 5.99. The van der Waals surface area contributed by atoms with E-state index >= 15 is 0 Å². The maximum Gasteiger partial charge on any atom is 0.179 e. The third kappa shape index (κ3) is 4.19. The molecule has 0 aromatic carbocycles. The van der Waals surface area contributed by atoms with E-state index in [1.165, 1.54) is 25.9 Å². The SMILES string of the molecule is COc1cnc(Nc2ccnc3c2C=NC3)cc1OCCCN1CCCC1. The zero-order chi connectivity index (χ0) is 18.5. The van der Waals surface area contributed by atoms with Gasteiger partial charge in [0, 0.05) is 30.6 Å². The summed E-state index contributed by atoms with van der Waals surface area (Å²) in [6.45, 7) is 4.80. The van der Waals surface area contributed by atoms with Gasteiger partial charge in [-0.05, 0) is 38.4 Å². The third-order valence-corrected chi connectivity index (χ3v) is 4.92. The number of fused-ring (bicyclic) bond motifs is 1. The maximum absolute atomic E-state index is 5.99. The lowest BCUT2D eigenvalue weighted by atomic mass is 10.2. The van der Waals surface area contributed by atoms with Crippen LogP contribution in [0.2, 0.25) is 0 Å². The van der Waals surface area contributed by atoms with Crippen molar-refractivity contribution < 1.29 is 9.47 Å². The number of methoxy groups -OCH3 is 1. The molecule has 0 saturated carbocycles. The number of nitrogens with one attached hydrogen (secondary N) is 1. The Labute approximate surface area is 159 Å². The topological polar surface area (TPSA) is 71.9 Å². The van der Waals surface area contributed by atoms with E-state index in [0.717, 1.165) is 29.9 Å². The largest absolute Gasteiger partial charge is 0.491 e. The van der Waals surface area contributed by atoms with Crippen molar-refractivity contribution in [3.8, 4) is 11.5 Å². The molecule has 0 amide bonds. The molecule has 4 heterocycles. The van der Waals surface area contributed by atoms with Crippen molar-refractivity contribution in [3.05, 3.63) is 35.8 Å². The summed E-state index contributed by atoms with van der Waals surface area (Å²) in [6.07, 6.45) is 8.96. The summed E-state index contributed by atoms with van der Waals surface area (Å²) in [7, 11) is 1.63. The van der Waals surface area contributed by atoms with Gasteiger partial charge in [-0.15, -0.1) is 0 Å². The van der Waals surface area contributed by atoms with Crippen LogP contribution >= 0.6 is 0 Å². The highest BCUT2D eigenvalue weighted by molar-refractivity contribution is 5.92. The smallest absolute Gasteiger partial charge is 0.179 e. The first kappa shape index (κ1) is 17.7. The summed E-state index contributed by atoms with van der Waals surface area (Å²) in [4.78, 5) is 15.6. The van der Waals surface area contributed by atoms with E-state index in [9.17, 15) is 0 Å². The summed E-state index contributed by atoms with van der Waals surface area (Å²) < 4.78 is 11.4. The molecule has 0 aliphatic carbocycles. The number of aliphatic imine (C=N–C) groups is 1. The molecule has 1 fully saturated rings. The van der Waals surface area contributed by atoms with Crippen molar-refractivity contribution in [1.82, 2.24) is 14.9 Å². The Hall–Kier alpha value is -2.67. The molecule has 7 nitrogen and oxygen atoms in total. The minimum atomic E-state index is 0.631. The van der Waals surface area contributed by atoms with Crippen molar-refractivity contribution in [2.24, 2.45) is 4.99 Å². The predicted octanol–water partition coefficient (Wildman–Crippen LogP) is 3.03. The lowest BCUT2D eigenvalue weighted by Gasteiger charge is -2.16. The van der Waals surface area contributed by atoms with Crippen LogP contribution in [-0.4, -0.2) is 54.4 Å². The molecular weight excluding hydrogens is 342 g/mol. The van der Waals surface area contributed by atoms with Crippen molar-refractivity contribution in [2.45, 2.75) is 25.8 Å². The van der Waals surface area contributed by atoms with E-state index in [4.69, 9.17) is 9.47 Å². The van der Waals surface area contributed by atoms with Gasteiger partial charge in [-0.3, -0.25) is 9.98 Å². The molecule has 4 rings (SSSR count). The zero-order valence-electron chi connectivity index (χ0n) is 15.6. The van der Waals surface area contributed by atoms with Crippen molar-refractivity contribution in [2.75, 3.05) is 38.7 Å². The van der Waals surface area contributed by atoms with Gasteiger partial charge in [0.05, 0.1) is 37.8 Å². The molecule has 1 saturated heterocycles. The fourth-order valence-corrected chi connectivity index (χ4v) is 3.49. The van der Waals surface area contributed by atoms with E-state index in [0.29, 0.717) is 30.5 Å². The summed E-state index contributed by atoms with van der Waals surface area (Å²) >= 11 is 0. The molecule has 2 aliphatic heterocycles. The molecule has 2 aliphatic rings. The summed E-state index contributed by atoms with van der Waals surface area (Å²) in [5.74, 6) is 2.05. The first-order chi connectivity index (χ1) is 13.3. The highest BCUT2D eigenvalue weighted by Gasteiger charge is 2.14. The van der Waals surface area contributed by atoms with Crippen LogP contribution in [0.15, 0.2) is 29.5 Å². The average molecular weight is 367 g/mol. The fourth-order valence-electron chi connectivity index (χ4n) is 3.49. The Morgan fingerprint density at radius 1 is 1.19 bits per heavy atom. The first-order valence-electron chi connectivity index (χ1n) is 9.47. The fraction of sp³-hybridized carbons (Fsp3) is 0.450. The van der Waals surface area contributed by atoms with Crippen molar-refractivity contribution >= 4 is 17.7 Å². The molecule has 0 bridgehead atoms. The Balaban J connectivity index is 1.41. The average Bonchev–Trinajstić information content (AvgIpc) is 3.37. The third-order valence-electron chi connectivity index (χ3n) is 4.92. The molecule has 2 aromatic rings. The number of aromatic nitrogens is 2. The number of rotatable bonds is 8. The van der Waals surface area contributed by atoms with Gasteiger partial charge < -0.3 is 19.7 Å². The van der Waals surface area contributed by atoms with Crippen LogP contribution in [0.4, 0.5) is 11.5 Å². The predicted molar refractivity (Wildman–Crippen MR) is 105 cm³/mol. The van der Waals surface area contributed by atoms with Crippen LogP contribution in [0.3, 0.4) is 0 Å². The van der Waals surface area contributed by atoms with Crippen LogP contribution in [0.1, 0.15) is 30.5 Å². The molecule has 0 atom stereocenters. The number of likely N-dealkylation sites (tertiary alicyclic amines) is 1. The second-order valence-electron chi connectivity index (χ2n) is 6.78. The van der Waals surface area contributed by atoms with Gasteiger partial charge in [-0.25, -0.2) is 4.98 Å². The molecule has 7 heteroatoms. The monoisotopic (exact) mass is 367 g/mol. The second-order valence-corrected chi connectivity index (χ2v) is 6.78. The lowest BCUT2D eigenvalue weighted by Crippen LogP contribution is -2.21. The Bertz CT molecular complexity index is 818. The molecule has 1 N–H and O–H groups in total. The number of hydrogen-bond donors (Lipinski definition) is 1. The van der Waals surface area contributed by atoms with E-state index < -0.39 is 0 Å². The van der Waals surface area contributed by atoms with Gasteiger partial charge in [-0.2, -0.15) is 0 Å². The number of nitrogens with zero attached hydrogens (tertiary/aromatic N) is 4. The number of pyridine rings is 2. The molecular formula is C20H25N5O2. The Morgan fingerprint density at radius 2 is 2.07 bits per heavy atom. The number of anilines is 2. The molecule has 0 spiro atoms. The number of ether oxygens (including phenoxy) is 2. The summed E-state index contributed by atoms with van der Waals surface area (Å²) in [5, 5.41) is 3.35. The minimum absolute atomic E-state index is 0.631. The van der Waals surface area contributed by atoms with Crippen LogP contribution < -0.4 is 14.8 Å². The summed E-state index contributed by atoms with van der Waals surface area (Å²) in [5.41, 5.74) is 2.94. The van der Waals surface area contributed by atoms with Crippen LogP contribution in [0.5, 0.6) is 11.5 Å². The van der Waals surface area contributed by atoms with Gasteiger partial charge in [0.1, 0.15) is 5.82 Å². The molecule has 142 valence electrons. The van der Waals surface area contributed by atoms with Gasteiger partial charge in [0.2, 0.25) is 0 Å². The van der Waals surface area contributed by atoms with E-state index in [1.807, 2.05) is 18.3 Å². The standard InChI is InChI=1S/C20H25N5O2/c1-26-19-14-23-20(24-16-5-6-22-17-13-21-12-15(16)17)11-18(19)27-10-4-9-25-7-2-3-8-25/h5-6,11-12,14H,2-4,7-10,13H2,1H3,(H,22,23,24).